The summed E-state index contributed by atoms with van der Waals surface area (Å²) >= 11 is 1.42. The van der Waals surface area contributed by atoms with Gasteiger partial charge in [-0.2, -0.15) is 0 Å². The van der Waals surface area contributed by atoms with Gasteiger partial charge in [0.1, 0.15) is 5.82 Å². The second kappa shape index (κ2) is 7.74. The Bertz CT molecular complexity index is 752. The van der Waals surface area contributed by atoms with E-state index in [0.29, 0.717) is 31.1 Å². The summed E-state index contributed by atoms with van der Waals surface area (Å²) < 4.78 is 12.9. The lowest BCUT2D eigenvalue weighted by Crippen LogP contribution is -2.42. The molecule has 0 unspecified atom stereocenters. The topological polar surface area (TPSA) is 62.3 Å². The van der Waals surface area contributed by atoms with Gasteiger partial charge in [0.2, 0.25) is 11.8 Å². The molecule has 2 aromatic rings. The molecular weight excluding hydrogens is 341 g/mol. The Morgan fingerprint density at radius 2 is 1.96 bits per heavy atom. The monoisotopic (exact) mass is 361 g/mol. The fourth-order valence-electron chi connectivity index (χ4n) is 2.90. The second-order valence-corrected chi connectivity index (χ2v) is 7.10. The summed E-state index contributed by atoms with van der Waals surface area (Å²) in [5.74, 6) is -0.418. The minimum absolute atomic E-state index is 0.0148. The van der Waals surface area contributed by atoms with Crippen molar-refractivity contribution in [2.24, 2.45) is 5.92 Å². The average molecular weight is 361 g/mol. The first kappa shape index (κ1) is 17.5. The highest BCUT2D eigenvalue weighted by Crippen LogP contribution is 2.22. The molecule has 1 aliphatic heterocycles. The van der Waals surface area contributed by atoms with E-state index < -0.39 is 0 Å². The highest BCUT2D eigenvalue weighted by molar-refractivity contribution is 7.13. The number of thiazole rings is 1. The van der Waals surface area contributed by atoms with Gasteiger partial charge >= 0.3 is 0 Å². The van der Waals surface area contributed by atoms with Gasteiger partial charge in [0.25, 0.3) is 0 Å². The minimum Gasteiger partial charge on any atom is -0.342 e. The highest BCUT2D eigenvalue weighted by atomic mass is 32.1. The third-order valence-corrected chi connectivity index (χ3v) is 5.21. The summed E-state index contributed by atoms with van der Waals surface area (Å²) in [4.78, 5) is 30.7. The van der Waals surface area contributed by atoms with Crippen molar-refractivity contribution in [2.75, 3.05) is 18.4 Å². The zero-order chi connectivity index (χ0) is 17.8. The molecule has 1 aromatic heterocycles. The van der Waals surface area contributed by atoms with E-state index in [1.807, 2.05) is 12.3 Å². The van der Waals surface area contributed by atoms with Crippen LogP contribution >= 0.6 is 11.3 Å². The van der Waals surface area contributed by atoms with Crippen LogP contribution in [0.25, 0.3) is 0 Å². The van der Waals surface area contributed by atoms with E-state index in [2.05, 4.69) is 10.3 Å². The molecule has 3 rings (SSSR count). The predicted molar refractivity (Wildman–Crippen MR) is 94.9 cm³/mol. The van der Waals surface area contributed by atoms with Crippen LogP contribution in [0.1, 0.15) is 24.1 Å². The van der Waals surface area contributed by atoms with Gasteiger partial charge in [-0.05, 0) is 37.5 Å². The van der Waals surface area contributed by atoms with E-state index in [1.165, 1.54) is 23.5 Å². The van der Waals surface area contributed by atoms with Crippen molar-refractivity contribution in [2.45, 2.75) is 26.2 Å². The van der Waals surface area contributed by atoms with Gasteiger partial charge in [-0.15, -0.1) is 11.3 Å². The lowest BCUT2D eigenvalue weighted by Gasteiger charge is -2.31. The van der Waals surface area contributed by atoms with E-state index >= 15 is 0 Å². The molecule has 1 fully saturated rings. The summed E-state index contributed by atoms with van der Waals surface area (Å²) in [6.07, 6.45) is 1.55. The molecule has 25 heavy (non-hydrogen) atoms. The molecule has 1 aromatic carbocycles. The van der Waals surface area contributed by atoms with Crippen LogP contribution in [0.5, 0.6) is 0 Å². The number of benzene rings is 1. The van der Waals surface area contributed by atoms with Gasteiger partial charge in [0.15, 0.2) is 5.13 Å². The number of aryl methyl sites for hydroxylation is 1. The Balaban J connectivity index is 1.48. The molecule has 0 saturated carbocycles. The van der Waals surface area contributed by atoms with Crippen molar-refractivity contribution in [3.8, 4) is 0 Å². The van der Waals surface area contributed by atoms with Crippen molar-refractivity contribution in [3.63, 3.8) is 0 Å². The number of amides is 2. The molecule has 0 atom stereocenters. The summed E-state index contributed by atoms with van der Waals surface area (Å²) in [6.45, 7) is 3.02. The number of anilines is 1. The first-order valence-electron chi connectivity index (χ1n) is 8.26. The number of nitrogens with one attached hydrogen (secondary N) is 1. The normalized spacial score (nSPS) is 15.2. The Kier molecular flexibility index (Phi) is 5.43. The lowest BCUT2D eigenvalue weighted by atomic mass is 9.95. The SMILES string of the molecule is Cc1csc(NC(=O)C2CCN(C(=O)Cc3ccc(F)cc3)CC2)n1. The number of piperidine rings is 1. The number of hydrogen-bond donors (Lipinski definition) is 1. The molecule has 1 aliphatic rings. The van der Waals surface area contributed by atoms with Gasteiger partial charge in [-0.25, -0.2) is 9.37 Å². The van der Waals surface area contributed by atoms with Crippen molar-refractivity contribution < 1.29 is 14.0 Å². The lowest BCUT2D eigenvalue weighted by molar-refractivity contribution is -0.133. The molecule has 1 N–H and O–H groups in total. The molecule has 2 amide bonds. The molecule has 1 saturated heterocycles. The molecule has 0 bridgehead atoms. The van der Waals surface area contributed by atoms with Crippen LogP contribution in [-0.2, 0) is 16.0 Å². The number of halogens is 1. The Morgan fingerprint density at radius 1 is 1.28 bits per heavy atom. The van der Waals surface area contributed by atoms with Crippen molar-refractivity contribution in [1.82, 2.24) is 9.88 Å². The first-order chi connectivity index (χ1) is 12.0. The molecule has 0 spiro atoms. The molecule has 5 nitrogen and oxygen atoms in total. The fraction of sp³-hybridized carbons (Fsp3) is 0.389. The maximum atomic E-state index is 12.9. The van der Waals surface area contributed by atoms with Gasteiger partial charge in [0, 0.05) is 24.4 Å². The van der Waals surface area contributed by atoms with Crippen LogP contribution in [0.15, 0.2) is 29.6 Å². The maximum Gasteiger partial charge on any atom is 0.229 e. The Morgan fingerprint density at radius 3 is 2.56 bits per heavy atom. The van der Waals surface area contributed by atoms with Crippen LogP contribution in [0.3, 0.4) is 0 Å². The van der Waals surface area contributed by atoms with Crippen LogP contribution in [0.2, 0.25) is 0 Å². The highest BCUT2D eigenvalue weighted by Gasteiger charge is 2.27. The molecule has 132 valence electrons. The second-order valence-electron chi connectivity index (χ2n) is 6.24. The third kappa shape index (κ3) is 4.63. The van der Waals surface area contributed by atoms with Gasteiger partial charge in [-0.3, -0.25) is 9.59 Å². The minimum atomic E-state index is -0.307. The zero-order valence-electron chi connectivity index (χ0n) is 14.0. The number of carbonyl (C=O) groups is 2. The van der Waals surface area contributed by atoms with Gasteiger partial charge in [-0.1, -0.05) is 12.1 Å². The van der Waals surface area contributed by atoms with Gasteiger partial charge in [0.05, 0.1) is 12.1 Å². The zero-order valence-corrected chi connectivity index (χ0v) is 14.8. The summed E-state index contributed by atoms with van der Waals surface area (Å²) in [5.41, 5.74) is 1.69. The van der Waals surface area contributed by atoms with Crippen LogP contribution in [0.4, 0.5) is 9.52 Å². The van der Waals surface area contributed by atoms with Crippen molar-refractivity contribution in [1.29, 1.82) is 0 Å². The largest absolute Gasteiger partial charge is 0.342 e. The number of rotatable bonds is 4. The number of aromatic nitrogens is 1. The molecule has 0 radical (unpaired) electrons. The number of carbonyl (C=O) groups excluding carboxylic acids is 2. The van der Waals surface area contributed by atoms with Crippen molar-refractivity contribution >= 4 is 28.3 Å². The molecule has 7 heteroatoms. The smallest absolute Gasteiger partial charge is 0.229 e. The fourth-order valence-corrected chi connectivity index (χ4v) is 3.59. The summed E-state index contributed by atoms with van der Waals surface area (Å²) in [5, 5.41) is 5.37. The Hall–Kier alpha value is -2.28. The molecular formula is C18H20FN3O2S. The van der Waals surface area contributed by atoms with Crippen LogP contribution in [-0.4, -0.2) is 34.8 Å². The van der Waals surface area contributed by atoms with Crippen LogP contribution < -0.4 is 5.32 Å². The number of likely N-dealkylation sites (tertiary alicyclic amines) is 1. The van der Waals surface area contributed by atoms with E-state index in [4.69, 9.17) is 0 Å². The number of hydrogen-bond acceptors (Lipinski definition) is 4. The van der Waals surface area contributed by atoms with E-state index in [0.717, 1.165) is 11.3 Å². The predicted octanol–water partition coefficient (Wildman–Crippen LogP) is 3.01. The summed E-state index contributed by atoms with van der Waals surface area (Å²) in [6, 6.07) is 5.98. The van der Waals surface area contributed by atoms with E-state index in [-0.39, 0.29) is 30.0 Å². The standard InChI is InChI=1S/C18H20FN3O2S/c1-12-11-25-18(20-12)21-17(24)14-6-8-22(9-7-14)16(23)10-13-2-4-15(19)5-3-13/h2-5,11,14H,6-10H2,1H3,(H,20,21,24). The third-order valence-electron chi connectivity index (χ3n) is 4.34. The van der Waals surface area contributed by atoms with Crippen LogP contribution in [0, 0.1) is 18.7 Å². The Labute approximate surface area is 149 Å². The van der Waals surface area contributed by atoms with E-state index in [9.17, 15) is 14.0 Å². The first-order valence-corrected chi connectivity index (χ1v) is 9.14. The molecule has 2 heterocycles. The molecule has 0 aliphatic carbocycles. The van der Waals surface area contributed by atoms with E-state index in [1.54, 1.807) is 17.0 Å². The summed E-state index contributed by atoms with van der Waals surface area (Å²) in [7, 11) is 0. The number of nitrogens with zero attached hydrogens (tertiary/aromatic N) is 2. The van der Waals surface area contributed by atoms with Gasteiger partial charge < -0.3 is 10.2 Å². The van der Waals surface area contributed by atoms with Crippen molar-refractivity contribution in [3.05, 3.63) is 46.7 Å². The average Bonchev–Trinajstić information content (AvgIpc) is 3.02. The maximum absolute atomic E-state index is 12.9. The quantitative estimate of drug-likeness (QED) is 0.911.